The Morgan fingerprint density at radius 1 is 1.00 bits per heavy atom. The Morgan fingerprint density at radius 2 is 1.68 bits per heavy atom. The lowest BCUT2D eigenvalue weighted by molar-refractivity contribution is -0.118. The summed E-state index contributed by atoms with van der Waals surface area (Å²) in [6.07, 6.45) is 0. The van der Waals surface area contributed by atoms with Crippen molar-refractivity contribution in [3.8, 4) is 17.2 Å². The molecule has 2 rings (SSSR count). The highest BCUT2D eigenvalue weighted by Crippen LogP contribution is 2.18. The average molecular weight is 301 g/mol. The molecule has 0 radical (unpaired) electrons. The molecule has 0 aromatic heterocycles. The highest BCUT2D eigenvalue weighted by Gasteiger charge is 2.05. The molecule has 0 aliphatic heterocycles. The zero-order valence-corrected chi connectivity index (χ0v) is 12.7. The van der Waals surface area contributed by atoms with Crippen LogP contribution in [0.2, 0.25) is 0 Å². The van der Waals surface area contributed by atoms with Gasteiger partial charge in [0.1, 0.15) is 17.2 Å². The molecule has 0 aliphatic rings. The van der Waals surface area contributed by atoms with Crippen LogP contribution in [-0.2, 0) is 4.79 Å². The van der Waals surface area contributed by atoms with E-state index in [1.54, 1.807) is 43.5 Å². The number of methoxy groups -OCH3 is 1. The first-order valence-corrected chi connectivity index (χ1v) is 7.01. The minimum absolute atomic E-state index is 0.0643. The van der Waals surface area contributed by atoms with Gasteiger partial charge in [-0.15, -0.1) is 0 Å². The van der Waals surface area contributed by atoms with Crippen LogP contribution in [0.3, 0.4) is 0 Å². The normalized spacial score (nSPS) is 9.91. The van der Waals surface area contributed by atoms with Gasteiger partial charge in [-0.25, -0.2) is 0 Å². The fourth-order valence-corrected chi connectivity index (χ4v) is 1.85. The number of hydrogen-bond acceptors (Lipinski definition) is 4. The number of nitrogens with one attached hydrogen (secondary N) is 1. The molecule has 0 fully saturated rings. The van der Waals surface area contributed by atoms with Crippen molar-refractivity contribution in [3.05, 3.63) is 48.5 Å². The standard InChI is InChI=1S/C17H19NO4/c1-3-21-14-7-9-15(10-8-14)22-12-17(19)18-13-5-4-6-16(11-13)20-2/h4-11H,3,12H2,1-2H3,(H,18,19). The summed E-state index contributed by atoms with van der Waals surface area (Å²) in [4.78, 5) is 11.9. The van der Waals surface area contributed by atoms with Gasteiger partial charge in [0.2, 0.25) is 0 Å². The second kappa shape index (κ2) is 7.93. The highest BCUT2D eigenvalue weighted by molar-refractivity contribution is 5.92. The van der Waals surface area contributed by atoms with E-state index in [0.717, 1.165) is 5.75 Å². The number of hydrogen-bond donors (Lipinski definition) is 1. The third-order valence-electron chi connectivity index (χ3n) is 2.86. The Morgan fingerprint density at radius 3 is 2.32 bits per heavy atom. The number of benzene rings is 2. The van der Waals surface area contributed by atoms with E-state index in [1.807, 2.05) is 19.1 Å². The molecule has 0 saturated heterocycles. The van der Waals surface area contributed by atoms with Gasteiger partial charge in [0.25, 0.3) is 5.91 Å². The lowest BCUT2D eigenvalue weighted by atomic mass is 10.3. The molecule has 0 aliphatic carbocycles. The molecule has 2 aromatic rings. The van der Waals surface area contributed by atoms with Gasteiger partial charge in [-0.3, -0.25) is 4.79 Å². The predicted octanol–water partition coefficient (Wildman–Crippen LogP) is 3.11. The first-order chi connectivity index (χ1) is 10.7. The SMILES string of the molecule is CCOc1ccc(OCC(=O)Nc2cccc(OC)c2)cc1. The molecule has 1 amide bonds. The Kier molecular flexibility index (Phi) is 5.65. The van der Waals surface area contributed by atoms with Gasteiger partial charge in [0.05, 0.1) is 13.7 Å². The zero-order chi connectivity index (χ0) is 15.8. The monoisotopic (exact) mass is 301 g/mol. The van der Waals surface area contributed by atoms with Crippen LogP contribution < -0.4 is 19.5 Å². The van der Waals surface area contributed by atoms with Gasteiger partial charge in [-0.05, 0) is 43.3 Å². The fourth-order valence-electron chi connectivity index (χ4n) is 1.85. The molecule has 116 valence electrons. The fraction of sp³-hybridized carbons (Fsp3) is 0.235. The molecule has 1 N–H and O–H groups in total. The minimum atomic E-state index is -0.234. The van der Waals surface area contributed by atoms with Gasteiger partial charge in [-0.2, -0.15) is 0 Å². The van der Waals surface area contributed by atoms with E-state index in [9.17, 15) is 4.79 Å². The molecule has 0 atom stereocenters. The Labute approximate surface area is 129 Å². The third-order valence-corrected chi connectivity index (χ3v) is 2.86. The molecule has 0 saturated carbocycles. The van der Waals surface area contributed by atoms with Crippen LogP contribution >= 0.6 is 0 Å². The number of anilines is 1. The van der Waals surface area contributed by atoms with Crippen molar-refractivity contribution < 1.29 is 19.0 Å². The van der Waals surface area contributed by atoms with E-state index in [-0.39, 0.29) is 12.5 Å². The average Bonchev–Trinajstić information content (AvgIpc) is 2.55. The van der Waals surface area contributed by atoms with E-state index in [2.05, 4.69) is 5.32 Å². The summed E-state index contributed by atoms with van der Waals surface area (Å²) in [7, 11) is 1.58. The number of rotatable bonds is 7. The molecule has 5 heteroatoms. The first kappa shape index (κ1) is 15.7. The van der Waals surface area contributed by atoms with Gasteiger partial charge in [0.15, 0.2) is 6.61 Å². The van der Waals surface area contributed by atoms with Gasteiger partial charge in [-0.1, -0.05) is 6.07 Å². The van der Waals surface area contributed by atoms with Crippen molar-refractivity contribution >= 4 is 11.6 Å². The summed E-state index contributed by atoms with van der Waals surface area (Å²) >= 11 is 0. The quantitative estimate of drug-likeness (QED) is 0.853. The van der Waals surface area contributed by atoms with Crippen LogP contribution in [0.15, 0.2) is 48.5 Å². The van der Waals surface area contributed by atoms with Crippen LogP contribution in [0.5, 0.6) is 17.2 Å². The van der Waals surface area contributed by atoms with Crippen LogP contribution in [0.25, 0.3) is 0 Å². The summed E-state index contributed by atoms with van der Waals surface area (Å²) in [5, 5.41) is 2.75. The number of ether oxygens (including phenoxy) is 3. The lowest BCUT2D eigenvalue weighted by Crippen LogP contribution is -2.20. The van der Waals surface area contributed by atoms with Crippen LogP contribution in [0.4, 0.5) is 5.69 Å². The predicted molar refractivity (Wildman–Crippen MR) is 84.7 cm³/mol. The maximum Gasteiger partial charge on any atom is 0.262 e. The summed E-state index contributed by atoms with van der Waals surface area (Å²) in [5.74, 6) is 1.84. The number of amides is 1. The second-order valence-corrected chi connectivity index (χ2v) is 4.47. The third kappa shape index (κ3) is 4.70. The largest absolute Gasteiger partial charge is 0.497 e. The Balaban J connectivity index is 1.84. The maximum atomic E-state index is 11.9. The summed E-state index contributed by atoms with van der Waals surface area (Å²) in [5.41, 5.74) is 0.666. The van der Waals surface area contributed by atoms with Crippen molar-refractivity contribution in [1.29, 1.82) is 0 Å². The van der Waals surface area contributed by atoms with E-state index >= 15 is 0 Å². The molecule has 0 heterocycles. The maximum absolute atomic E-state index is 11.9. The molecular formula is C17H19NO4. The van der Waals surface area contributed by atoms with Gasteiger partial charge in [0, 0.05) is 11.8 Å². The van der Waals surface area contributed by atoms with Gasteiger partial charge >= 0.3 is 0 Å². The molecule has 2 aromatic carbocycles. The number of carbonyl (C=O) groups is 1. The van der Waals surface area contributed by atoms with E-state index in [0.29, 0.717) is 23.8 Å². The first-order valence-electron chi connectivity index (χ1n) is 7.01. The molecular weight excluding hydrogens is 282 g/mol. The second-order valence-electron chi connectivity index (χ2n) is 4.47. The van der Waals surface area contributed by atoms with Crippen molar-refractivity contribution in [2.75, 3.05) is 25.6 Å². The van der Waals surface area contributed by atoms with Gasteiger partial charge < -0.3 is 19.5 Å². The van der Waals surface area contributed by atoms with Crippen molar-refractivity contribution in [2.24, 2.45) is 0 Å². The summed E-state index contributed by atoms with van der Waals surface area (Å²) in [6.45, 7) is 2.47. The Bertz CT molecular complexity index is 610. The molecule has 0 unspecified atom stereocenters. The zero-order valence-electron chi connectivity index (χ0n) is 12.7. The lowest BCUT2D eigenvalue weighted by Gasteiger charge is -2.09. The van der Waals surface area contributed by atoms with Crippen molar-refractivity contribution in [2.45, 2.75) is 6.92 Å². The molecule has 22 heavy (non-hydrogen) atoms. The molecule has 5 nitrogen and oxygen atoms in total. The smallest absolute Gasteiger partial charge is 0.262 e. The van der Waals surface area contributed by atoms with E-state index < -0.39 is 0 Å². The Hall–Kier alpha value is -2.69. The molecule has 0 bridgehead atoms. The van der Waals surface area contributed by atoms with Crippen LogP contribution in [0.1, 0.15) is 6.92 Å². The van der Waals surface area contributed by atoms with Crippen molar-refractivity contribution in [1.82, 2.24) is 0 Å². The summed E-state index contributed by atoms with van der Waals surface area (Å²) < 4.78 is 15.9. The highest BCUT2D eigenvalue weighted by atomic mass is 16.5. The van der Waals surface area contributed by atoms with Crippen LogP contribution in [-0.4, -0.2) is 26.2 Å². The molecule has 0 spiro atoms. The van der Waals surface area contributed by atoms with Crippen molar-refractivity contribution in [3.63, 3.8) is 0 Å². The summed E-state index contributed by atoms with van der Waals surface area (Å²) in [6, 6.07) is 14.3. The van der Waals surface area contributed by atoms with Crippen LogP contribution in [0, 0.1) is 0 Å². The minimum Gasteiger partial charge on any atom is -0.497 e. The topological polar surface area (TPSA) is 56.8 Å². The van der Waals surface area contributed by atoms with E-state index in [1.165, 1.54) is 0 Å². The van der Waals surface area contributed by atoms with E-state index in [4.69, 9.17) is 14.2 Å². The number of carbonyl (C=O) groups excluding carboxylic acids is 1.